The van der Waals surface area contributed by atoms with Crippen LogP contribution >= 0.6 is 11.6 Å². The van der Waals surface area contributed by atoms with Gasteiger partial charge in [-0.1, -0.05) is 31.5 Å². The molecule has 17 heavy (non-hydrogen) atoms. The summed E-state index contributed by atoms with van der Waals surface area (Å²) in [5.41, 5.74) is 7.02. The first kappa shape index (κ1) is 14.3. The van der Waals surface area contributed by atoms with Crippen LogP contribution in [0.3, 0.4) is 0 Å². The van der Waals surface area contributed by atoms with E-state index in [1.54, 1.807) is 12.1 Å². The van der Waals surface area contributed by atoms with Crippen molar-refractivity contribution in [3.8, 4) is 0 Å². The van der Waals surface area contributed by atoms with Crippen LogP contribution in [0.2, 0.25) is 5.02 Å². The normalized spacial score (nSPS) is 13.0. The molecule has 0 saturated carbocycles. The first-order valence-corrected chi connectivity index (χ1v) is 6.32. The third-order valence-corrected chi connectivity index (χ3v) is 2.90. The zero-order valence-corrected chi connectivity index (χ0v) is 11.2. The molecular weight excluding hydrogens is 236 g/mol. The molecule has 0 amide bonds. The first-order valence-electron chi connectivity index (χ1n) is 5.94. The number of rotatable bonds is 6. The number of aliphatic hydroxyl groups excluding tert-OH is 1. The number of hydrogen-bond donors (Lipinski definition) is 3. The van der Waals surface area contributed by atoms with E-state index in [-0.39, 0.29) is 0 Å². The second kappa shape index (κ2) is 6.84. The Morgan fingerprint density at radius 2 is 2.12 bits per heavy atom. The summed E-state index contributed by atoms with van der Waals surface area (Å²) in [6.45, 7) is 6.07. The van der Waals surface area contributed by atoms with Crippen molar-refractivity contribution in [1.29, 1.82) is 0 Å². The Balaban J connectivity index is 2.41. The summed E-state index contributed by atoms with van der Waals surface area (Å²) >= 11 is 5.83. The number of nitrogen functional groups attached to an aromatic ring is 1. The van der Waals surface area contributed by atoms with Gasteiger partial charge in [0.1, 0.15) is 0 Å². The SMILES string of the molecule is CC(C)CNCCC(O)c1ccc(Cl)c(N)c1. The molecule has 0 spiro atoms. The lowest BCUT2D eigenvalue weighted by Crippen LogP contribution is -2.22. The fraction of sp³-hybridized carbons (Fsp3) is 0.538. The maximum Gasteiger partial charge on any atom is 0.0802 e. The van der Waals surface area contributed by atoms with Crippen molar-refractivity contribution >= 4 is 17.3 Å². The molecule has 4 heteroatoms. The summed E-state index contributed by atoms with van der Waals surface area (Å²) < 4.78 is 0. The monoisotopic (exact) mass is 256 g/mol. The number of aliphatic hydroxyl groups is 1. The Kier molecular flexibility index (Phi) is 5.75. The maximum atomic E-state index is 9.96. The van der Waals surface area contributed by atoms with Crippen LogP contribution in [-0.2, 0) is 0 Å². The molecule has 1 unspecified atom stereocenters. The number of nitrogens with two attached hydrogens (primary N) is 1. The van der Waals surface area contributed by atoms with Crippen molar-refractivity contribution in [2.45, 2.75) is 26.4 Å². The van der Waals surface area contributed by atoms with Gasteiger partial charge in [0.05, 0.1) is 16.8 Å². The van der Waals surface area contributed by atoms with Crippen molar-refractivity contribution in [2.75, 3.05) is 18.8 Å². The zero-order chi connectivity index (χ0) is 12.8. The molecule has 96 valence electrons. The molecule has 0 aliphatic rings. The van der Waals surface area contributed by atoms with Crippen LogP contribution in [0.1, 0.15) is 31.9 Å². The Labute approximate surface area is 108 Å². The fourth-order valence-electron chi connectivity index (χ4n) is 1.57. The van der Waals surface area contributed by atoms with Gasteiger partial charge >= 0.3 is 0 Å². The van der Waals surface area contributed by atoms with Crippen LogP contribution in [-0.4, -0.2) is 18.2 Å². The largest absolute Gasteiger partial charge is 0.398 e. The zero-order valence-electron chi connectivity index (χ0n) is 10.4. The predicted octanol–water partition coefficient (Wildman–Crippen LogP) is 2.59. The van der Waals surface area contributed by atoms with Crippen LogP contribution < -0.4 is 11.1 Å². The number of benzene rings is 1. The average molecular weight is 257 g/mol. The van der Waals surface area contributed by atoms with Gasteiger partial charge in [-0.15, -0.1) is 0 Å². The number of nitrogens with one attached hydrogen (secondary N) is 1. The molecule has 1 atom stereocenters. The van der Waals surface area contributed by atoms with Gasteiger partial charge in [-0.05, 0) is 43.1 Å². The van der Waals surface area contributed by atoms with E-state index in [4.69, 9.17) is 17.3 Å². The molecule has 0 aliphatic carbocycles. The van der Waals surface area contributed by atoms with E-state index >= 15 is 0 Å². The van der Waals surface area contributed by atoms with Gasteiger partial charge in [-0.3, -0.25) is 0 Å². The Hall–Kier alpha value is -0.770. The van der Waals surface area contributed by atoms with Crippen molar-refractivity contribution in [3.05, 3.63) is 28.8 Å². The third-order valence-electron chi connectivity index (χ3n) is 2.55. The van der Waals surface area contributed by atoms with Gasteiger partial charge in [0.15, 0.2) is 0 Å². The minimum absolute atomic E-state index is 0.491. The Morgan fingerprint density at radius 1 is 1.41 bits per heavy atom. The number of halogens is 1. The van der Waals surface area contributed by atoms with E-state index in [2.05, 4.69) is 19.2 Å². The van der Waals surface area contributed by atoms with Crippen LogP contribution in [0.4, 0.5) is 5.69 Å². The van der Waals surface area contributed by atoms with Gasteiger partial charge in [0.25, 0.3) is 0 Å². The third kappa shape index (κ3) is 4.94. The lowest BCUT2D eigenvalue weighted by atomic mass is 10.1. The van der Waals surface area contributed by atoms with Crippen molar-refractivity contribution in [1.82, 2.24) is 5.32 Å². The summed E-state index contributed by atoms with van der Waals surface area (Å²) in [5, 5.41) is 13.8. The van der Waals surface area contributed by atoms with E-state index < -0.39 is 6.10 Å². The average Bonchev–Trinajstić information content (AvgIpc) is 2.27. The standard InChI is InChI=1S/C13H21ClN2O/c1-9(2)8-16-6-5-13(17)10-3-4-11(14)12(15)7-10/h3-4,7,9,13,16-17H,5-6,8,15H2,1-2H3. The van der Waals surface area contributed by atoms with E-state index in [0.717, 1.165) is 18.7 Å². The minimum atomic E-state index is -0.491. The van der Waals surface area contributed by atoms with Gasteiger partial charge in [0.2, 0.25) is 0 Å². The quantitative estimate of drug-likeness (QED) is 0.542. The molecule has 0 radical (unpaired) electrons. The van der Waals surface area contributed by atoms with Crippen LogP contribution in [0.25, 0.3) is 0 Å². The first-order chi connectivity index (χ1) is 8.00. The molecule has 0 bridgehead atoms. The number of hydrogen-bond acceptors (Lipinski definition) is 3. The van der Waals surface area contributed by atoms with E-state index in [9.17, 15) is 5.11 Å². The molecule has 0 aliphatic heterocycles. The molecule has 0 saturated heterocycles. The second-order valence-electron chi connectivity index (χ2n) is 4.68. The highest BCUT2D eigenvalue weighted by molar-refractivity contribution is 6.33. The summed E-state index contributed by atoms with van der Waals surface area (Å²) in [6, 6.07) is 5.26. The molecule has 4 N–H and O–H groups in total. The smallest absolute Gasteiger partial charge is 0.0802 e. The lowest BCUT2D eigenvalue weighted by molar-refractivity contribution is 0.166. The summed E-state index contributed by atoms with van der Waals surface area (Å²) in [5.74, 6) is 0.623. The summed E-state index contributed by atoms with van der Waals surface area (Å²) in [7, 11) is 0. The van der Waals surface area contributed by atoms with Crippen LogP contribution in [0, 0.1) is 5.92 Å². The van der Waals surface area contributed by atoms with E-state index in [0.29, 0.717) is 23.0 Å². The predicted molar refractivity (Wildman–Crippen MR) is 73.1 cm³/mol. The topological polar surface area (TPSA) is 58.3 Å². The van der Waals surface area contributed by atoms with Crippen LogP contribution in [0.15, 0.2) is 18.2 Å². The maximum absolute atomic E-state index is 9.96. The molecule has 0 fully saturated rings. The lowest BCUT2D eigenvalue weighted by Gasteiger charge is -2.13. The molecule has 3 nitrogen and oxygen atoms in total. The molecule has 1 aromatic carbocycles. The molecular formula is C13H21ClN2O. The molecule has 0 heterocycles. The van der Waals surface area contributed by atoms with Crippen molar-refractivity contribution in [3.63, 3.8) is 0 Å². The van der Waals surface area contributed by atoms with E-state index in [1.807, 2.05) is 6.07 Å². The minimum Gasteiger partial charge on any atom is -0.398 e. The van der Waals surface area contributed by atoms with Gasteiger partial charge in [-0.25, -0.2) is 0 Å². The van der Waals surface area contributed by atoms with Crippen molar-refractivity contribution in [2.24, 2.45) is 5.92 Å². The second-order valence-corrected chi connectivity index (χ2v) is 5.09. The van der Waals surface area contributed by atoms with Gasteiger partial charge < -0.3 is 16.2 Å². The van der Waals surface area contributed by atoms with E-state index in [1.165, 1.54) is 0 Å². The Bertz CT molecular complexity index is 355. The summed E-state index contributed by atoms with van der Waals surface area (Å²) in [4.78, 5) is 0. The molecule has 1 aromatic rings. The Morgan fingerprint density at radius 3 is 2.71 bits per heavy atom. The fourth-order valence-corrected chi connectivity index (χ4v) is 1.68. The van der Waals surface area contributed by atoms with Gasteiger partial charge in [0, 0.05) is 0 Å². The number of anilines is 1. The van der Waals surface area contributed by atoms with Crippen molar-refractivity contribution < 1.29 is 5.11 Å². The van der Waals surface area contributed by atoms with Gasteiger partial charge in [-0.2, -0.15) is 0 Å². The highest BCUT2D eigenvalue weighted by Crippen LogP contribution is 2.24. The molecule has 1 rings (SSSR count). The van der Waals surface area contributed by atoms with Crippen LogP contribution in [0.5, 0.6) is 0 Å². The summed E-state index contributed by atoms with van der Waals surface area (Å²) in [6.07, 6.45) is 0.183. The highest BCUT2D eigenvalue weighted by atomic mass is 35.5. The molecule has 0 aromatic heterocycles. The highest BCUT2D eigenvalue weighted by Gasteiger charge is 2.08.